The summed E-state index contributed by atoms with van der Waals surface area (Å²) in [5, 5.41) is 4.49. The first-order valence-electron chi connectivity index (χ1n) is 18.6. The summed E-state index contributed by atoms with van der Waals surface area (Å²) < 4.78 is 45.1. The molecule has 3 aliphatic rings. The first-order chi connectivity index (χ1) is 27.0. The van der Waals surface area contributed by atoms with Crippen LogP contribution in [0, 0.1) is 5.92 Å². The fraction of sp³-hybridized carbons (Fsp3) is 0.525. The molecule has 2 atom stereocenters. The van der Waals surface area contributed by atoms with Crippen molar-refractivity contribution in [3.05, 3.63) is 82.4 Å². The van der Waals surface area contributed by atoms with Crippen molar-refractivity contribution in [2.24, 2.45) is 5.92 Å². The first kappa shape index (κ1) is 44.0. The van der Waals surface area contributed by atoms with E-state index in [-0.39, 0.29) is 6.61 Å². The van der Waals surface area contributed by atoms with Gasteiger partial charge in [0.15, 0.2) is 0 Å². The maximum atomic E-state index is 13.2. The van der Waals surface area contributed by atoms with E-state index in [2.05, 4.69) is 21.2 Å². The number of carbonyl (C=O) groups is 3. The molecule has 1 aliphatic carbocycles. The number of esters is 1. The molecule has 4 rings (SSSR count). The lowest BCUT2D eigenvalue weighted by molar-refractivity contribution is -0.144. The number of amides is 1. The first-order valence-corrected chi connectivity index (χ1v) is 18.6. The van der Waals surface area contributed by atoms with Gasteiger partial charge in [-0.25, -0.2) is 9.59 Å². The molecule has 16 nitrogen and oxygen atoms in total. The highest BCUT2D eigenvalue weighted by Gasteiger charge is 2.39. The van der Waals surface area contributed by atoms with Crippen LogP contribution in [-0.4, -0.2) is 140 Å². The predicted octanol–water partition coefficient (Wildman–Crippen LogP) is 2.90. The van der Waals surface area contributed by atoms with Gasteiger partial charge in [0.1, 0.15) is 36.1 Å². The Balaban J connectivity index is 1.39. The van der Waals surface area contributed by atoms with Crippen molar-refractivity contribution in [2.75, 3.05) is 100 Å². The van der Waals surface area contributed by atoms with Crippen LogP contribution in [0.4, 0.5) is 4.79 Å². The van der Waals surface area contributed by atoms with Crippen molar-refractivity contribution in [2.45, 2.75) is 32.5 Å². The van der Waals surface area contributed by atoms with E-state index in [1.54, 1.807) is 27.4 Å². The third-order valence-electron chi connectivity index (χ3n) is 8.66. The second-order valence-corrected chi connectivity index (χ2v) is 14.0. The monoisotopic (exact) mass is 783 g/mol. The van der Waals surface area contributed by atoms with Crippen molar-refractivity contribution in [1.29, 1.82) is 0 Å². The van der Waals surface area contributed by atoms with Crippen molar-refractivity contribution in [3.8, 4) is 5.75 Å². The average Bonchev–Trinajstić information content (AvgIpc) is 3.63. The molecule has 1 aromatic rings. The number of para-hydroxylation sites is 1. The molecular formula is C40H57N5O11. The highest BCUT2D eigenvalue weighted by Crippen LogP contribution is 2.39. The van der Waals surface area contributed by atoms with Gasteiger partial charge in [-0.2, -0.15) is 0 Å². The molecule has 3 N–H and O–H groups in total. The van der Waals surface area contributed by atoms with Crippen LogP contribution in [0.25, 0.3) is 6.08 Å². The van der Waals surface area contributed by atoms with Crippen LogP contribution in [-0.2, 0) is 42.7 Å². The molecule has 308 valence electrons. The molecule has 2 aliphatic heterocycles. The Kier molecular flexibility index (Phi) is 17.9. The number of carbonyl (C=O) groups excluding carboxylic acids is 3. The van der Waals surface area contributed by atoms with Crippen LogP contribution in [0.1, 0.15) is 26.3 Å². The van der Waals surface area contributed by atoms with Gasteiger partial charge >= 0.3 is 12.1 Å². The lowest BCUT2D eigenvalue weighted by atomic mass is 9.79. The van der Waals surface area contributed by atoms with Crippen LogP contribution in [0.15, 0.2) is 76.9 Å². The third kappa shape index (κ3) is 14.1. The summed E-state index contributed by atoms with van der Waals surface area (Å²) in [5.41, 5.74) is 8.79. The van der Waals surface area contributed by atoms with Crippen molar-refractivity contribution < 1.29 is 52.3 Å². The number of fused-ring (bicyclic) bond motifs is 1. The van der Waals surface area contributed by atoms with Crippen molar-refractivity contribution >= 4 is 24.4 Å². The molecule has 0 saturated carbocycles. The summed E-state index contributed by atoms with van der Waals surface area (Å²) in [6.07, 6.45) is 8.35. The number of aldehydes is 1. The molecular weight excluding hydrogens is 726 g/mol. The van der Waals surface area contributed by atoms with Gasteiger partial charge in [-0.3, -0.25) is 14.7 Å². The largest absolute Gasteiger partial charge is 0.496 e. The second kappa shape index (κ2) is 22.7. The molecule has 0 saturated heterocycles. The lowest BCUT2D eigenvalue weighted by Gasteiger charge is -2.37. The van der Waals surface area contributed by atoms with Gasteiger partial charge in [-0.15, -0.1) is 5.53 Å². The van der Waals surface area contributed by atoms with E-state index in [4.69, 9.17) is 37.9 Å². The van der Waals surface area contributed by atoms with Gasteiger partial charge in [0.2, 0.25) is 0 Å². The van der Waals surface area contributed by atoms with Gasteiger partial charge in [0, 0.05) is 75.3 Å². The zero-order valence-corrected chi connectivity index (χ0v) is 33.3. The number of allylic oxidation sites excluding steroid dienone is 2. The minimum atomic E-state index is -0.724. The average molecular weight is 784 g/mol. The molecule has 0 radical (unpaired) electrons. The van der Waals surface area contributed by atoms with Gasteiger partial charge in [0.05, 0.1) is 59.0 Å². The minimum Gasteiger partial charge on any atom is -0.496 e. The van der Waals surface area contributed by atoms with Crippen LogP contribution in [0.3, 0.4) is 0 Å². The van der Waals surface area contributed by atoms with Crippen LogP contribution in [0.2, 0.25) is 0 Å². The summed E-state index contributed by atoms with van der Waals surface area (Å²) in [6, 6.07) is 7.37. The second-order valence-electron chi connectivity index (χ2n) is 14.0. The predicted molar refractivity (Wildman–Crippen MR) is 208 cm³/mol. The molecule has 0 fully saturated rings. The molecule has 0 bridgehead atoms. The Bertz CT molecular complexity index is 1610. The summed E-state index contributed by atoms with van der Waals surface area (Å²) >= 11 is 0. The number of benzene rings is 1. The zero-order chi connectivity index (χ0) is 40.3. The Labute approximate surface area is 329 Å². The Hall–Kier alpha value is -4.71. The van der Waals surface area contributed by atoms with E-state index in [9.17, 15) is 14.4 Å². The van der Waals surface area contributed by atoms with Crippen LogP contribution < -0.4 is 21.0 Å². The molecule has 16 heteroatoms. The SMILES string of the molecule is COCCN(CCOC)CC1=C(OCC2=CN(CCOCCOCCNC(=O)OC(C)(C)C)NN2)C=CC2C(/C(C=O)=C/c3ccccc3OC)=CC(=O)OC12. The maximum absolute atomic E-state index is 13.2. The summed E-state index contributed by atoms with van der Waals surface area (Å²) in [6.45, 7) is 10.7. The van der Waals surface area contributed by atoms with Gasteiger partial charge in [-0.1, -0.05) is 24.3 Å². The molecule has 2 unspecified atom stereocenters. The van der Waals surface area contributed by atoms with Gasteiger partial charge in [0.25, 0.3) is 0 Å². The van der Waals surface area contributed by atoms with Crippen LogP contribution in [0.5, 0.6) is 5.75 Å². The van der Waals surface area contributed by atoms with E-state index in [1.807, 2.05) is 68.4 Å². The van der Waals surface area contributed by atoms with E-state index < -0.39 is 29.7 Å². The Morgan fingerprint density at radius 1 is 1.02 bits per heavy atom. The standard InChI is InChI=1S/C40H57N5O11/c1-40(2,3)56-39(48)41-13-17-52-21-22-53-20-16-45-25-31(42-43-45)28-54-36-12-11-32-33(30(27-46)23-29-9-7-8-10-35(29)51-6)24-37(47)55-38(32)34(36)26-44(14-18-49-4)15-19-50-5/h7-12,23-25,27,32,38,42-43H,13-22,26,28H2,1-6H3,(H,41,48)/b30-23+. The van der Waals surface area contributed by atoms with E-state index in [0.29, 0.717) is 101 Å². The number of alkyl carbamates (subject to hydrolysis) is 1. The van der Waals surface area contributed by atoms with Crippen LogP contribution >= 0.6 is 0 Å². The van der Waals surface area contributed by atoms with E-state index >= 15 is 0 Å². The maximum Gasteiger partial charge on any atom is 0.407 e. The smallest absolute Gasteiger partial charge is 0.407 e. The van der Waals surface area contributed by atoms with E-state index in [0.717, 1.165) is 17.6 Å². The minimum absolute atomic E-state index is 0.191. The number of hydrazine groups is 2. The van der Waals surface area contributed by atoms with Crippen molar-refractivity contribution in [1.82, 2.24) is 26.2 Å². The summed E-state index contributed by atoms with van der Waals surface area (Å²) in [4.78, 5) is 39.6. The third-order valence-corrected chi connectivity index (χ3v) is 8.66. The number of rotatable bonds is 24. The molecule has 1 aromatic carbocycles. The highest BCUT2D eigenvalue weighted by molar-refractivity contribution is 5.94. The lowest BCUT2D eigenvalue weighted by Crippen LogP contribution is -2.42. The number of nitrogens with zero attached hydrogens (tertiary/aromatic N) is 2. The van der Waals surface area contributed by atoms with Crippen molar-refractivity contribution in [3.63, 3.8) is 0 Å². The van der Waals surface area contributed by atoms with E-state index in [1.165, 1.54) is 6.08 Å². The normalized spacial score (nSPS) is 18.2. The number of nitrogens with one attached hydrogen (secondary N) is 3. The molecule has 56 heavy (non-hydrogen) atoms. The van der Waals surface area contributed by atoms with Gasteiger partial charge < -0.3 is 48.6 Å². The number of hydrogen-bond acceptors (Lipinski definition) is 15. The fourth-order valence-corrected chi connectivity index (χ4v) is 5.99. The summed E-state index contributed by atoms with van der Waals surface area (Å²) in [7, 11) is 4.86. The zero-order valence-electron chi connectivity index (χ0n) is 33.3. The molecule has 1 amide bonds. The Morgan fingerprint density at radius 2 is 1.75 bits per heavy atom. The van der Waals surface area contributed by atoms with Gasteiger partial charge in [-0.05, 0) is 44.6 Å². The molecule has 0 spiro atoms. The Morgan fingerprint density at radius 3 is 2.45 bits per heavy atom. The quantitative estimate of drug-likeness (QED) is 0.0606. The number of methoxy groups -OCH3 is 3. The topological polar surface area (TPSA) is 168 Å². The molecule has 0 aromatic heterocycles. The summed E-state index contributed by atoms with van der Waals surface area (Å²) in [5.74, 6) is 0.180. The highest BCUT2D eigenvalue weighted by atomic mass is 16.6. The number of hydrogen-bond donors (Lipinski definition) is 3. The fourth-order valence-electron chi connectivity index (χ4n) is 5.99. The molecule has 2 heterocycles. The number of ether oxygens (including phenoxy) is 8.